The minimum absolute atomic E-state index is 0.109. The van der Waals surface area contributed by atoms with Crippen molar-refractivity contribution in [2.45, 2.75) is 44.0 Å². The lowest BCUT2D eigenvalue weighted by atomic mass is 10.1. The van der Waals surface area contributed by atoms with Crippen LogP contribution in [-0.4, -0.2) is 59.7 Å². The smallest absolute Gasteiger partial charge is 0.255 e. The number of nitrogens with zero attached hydrogens (tertiary/aromatic N) is 4. The third-order valence-electron chi connectivity index (χ3n) is 6.57. The minimum atomic E-state index is -3.69. The molecule has 1 N–H and O–H groups in total. The molecule has 0 unspecified atom stereocenters. The standard InChI is InChI=1S/C25H29N5O4S/c1-18-6-11-21(35(32,33)29-13-15-34-16-14-29)17-22(18)25(31)26-20-9-7-19(8-10-20)24-28-27-23-5-3-2-4-12-30(23)24/h6-11,17H,2-5,12-16H2,1H3,(H,26,31). The van der Waals surface area contributed by atoms with Gasteiger partial charge in [0.2, 0.25) is 10.0 Å². The van der Waals surface area contributed by atoms with Gasteiger partial charge < -0.3 is 14.6 Å². The number of anilines is 1. The quantitative estimate of drug-likeness (QED) is 0.582. The van der Waals surface area contributed by atoms with Crippen molar-refractivity contribution in [3.05, 3.63) is 59.4 Å². The average Bonchev–Trinajstić information content (AvgIpc) is 3.13. The van der Waals surface area contributed by atoms with Crippen molar-refractivity contribution in [2.75, 3.05) is 31.6 Å². The van der Waals surface area contributed by atoms with Crippen molar-refractivity contribution in [1.29, 1.82) is 0 Å². The zero-order valence-corrected chi connectivity index (χ0v) is 20.6. The third kappa shape index (κ3) is 4.86. The van der Waals surface area contributed by atoms with Gasteiger partial charge in [-0.2, -0.15) is 4.31 Å². The van der Waals surface area contributed by atoms with Crippen LogP contribution in [0, 0.1) is 6.92 Å². The van der Waals surface area contributed by atoms with Gasteiger partial charge in [-0.25, -0.2) is 8.42 Å². The second-order valence-electron chi connectivity index (χ2n) is 8.93. The van der Waals surface area contributed by atoms with Crippen LogP contribution in [0.5, 0.6) is 0 Å². The first-order valence-corrected chi connectivity index (χ1v) is 13.4. The summed E-state index contributed by atoms with van der Waals surface area (Å²) in [5, 5.41) is 11.6. The number of nitrogens with one attached hydrogen (secondary N) is 1. The monoisotopic (exact) mass is 495 g/mol. The molecule has 2 aliphatic rings. The minimum Gasteiger partial charge on any atom is -0.379 e. The van der Waals surface area contributed by atoms with Crippen molar-refractivity contribution in [1.82, 2.24) is 19.1 Å². The summed E-state index contributed by atoms with van der Waals surface area (Å²) in [6, 6.07) is 12.2. The van der Waals surface area contributed by atoms with E-state index in [1.54, 1.807) is 19.1 Å². The number of morpholine rings is 1. The van der Waals surface area contributed by atoms with Crippen LogP contribution in [0.1, 0.15) is 41.0 Å². The molecule has 10 heteroatoms. The number of carbonyl (C=O) groups is 1. The predicted molar refractivity (Wildman–Crippen MR) is 132 cm³/mol. The lowest BCUT2D eigenvalue weighted by Gasteiger charge is -2.26. The number of amides is 1. The first-order chi connectivity index (χ1) is 16.9. The van der Waals surface area contributed by atoms with Gasteiger partial charge in [-0.05, 0) is 61.7 Å². The van der Waals surface area contributed by atoms with E-state index < -0.39 is 10.0 Å². The predicted octanol–water partition coefficient (Wildman–Crippen LogP) is 3.25. The third-order valence-corrected chi connectivity index (χ3v) is 8.47. The highest BCUT2D eigenvalue weighted by molar-refractivity contribution is 7.89. The van der Waals surface area contributed by atoms with Crippen molar-refractivity contribution >= 4 is 21.6 Å². The Morgan fingerprint density at radius 1 is 0.971 bits per heavy atom. The second-order valence-corrected chi connectivity index (χ2v) is 10.9. The lowest BCUT2D eigenvalue weighted by Crippen LogP contribution is -2.40. The summed E-state index contributed by atoms with van der Waals surface area (Å²) in [5.74, 6) is 1.51. The van der Waals surface area contributed by atoms with Crippen molar-refractivity contribution in [2.24, 2.45) is 0 Å². The molecule has 1 amide bonds. The molecular formula is C25H29N5O4S. The van der Waals surface area contributed by atoms with Gasteiger partial charge in [-0.3, -0.25) is 4.79 Å². The van der Waals surface area contributed by atoms with Crippen LogP contribution in [0.3, 0.4) is 0 Å². The Bertz CT molecular complexity index is 1330. The molecule has 2 aliphatic heterocycles. The topological polar surface area (TPSA) is 106 Å². The van der Waals surface area contributed by atoms with Crippen LogP contribution in [0.2, 0.25) is 0 Å². The van der Waals surface area contributed by atoms with Crippen LogP contribution in [0.4, 0.5) is 5.69 Å². The zero-order valence-electron chi connectivity index (χ0n) is 19.7. The first kappa shape index (κ1) is 23.7. The van der Waals surface area contributed by atoms with E-state index in [1.807, 2.05) is 24.3 Å². The van der Waals surface area contributed by atoms with E-state index in [1.165, 1.54) is 16.8 Å². The number of fused-ring (bicyclic) bond motifs is 1. The van der Waals surface area contributed by atoms with Crippen molar-refractivity contribution in [3.63, 3.8) is 0 Å². The molecule has 3 aromatic rings. The summed E-state index contributed by atoms with van der Waals surface area (Å²) in [5.41, 5.74) is 2.59. The number of hydrogen-bond donors (Lipinski definition) is 1. The molecule has 0 spiro atoms. The summed E-state index contributed by atoms with van der Waals surface area (Å²) in [4.78, 5) is 13.2. The Balaban J connectivity index is 1.34. The highest BCUT2D eigenvalue weighted by atomic mass is 32.2. The summed E-state index contributed by atoms with van der Waals surface area (Å²) >= 11 is 0. The van der Waals surface area contributed by atoms with Gasteiger partial charge in [0, 0.05) is 42.9 Å². The molecular weight excluding hydrogens is 466 g/mol. The number of hydrogen-bond acceptors (Lipinski definition) is 6. The molecule has 184 valence electrons. The fraction of sp³-hybridized carbons (Fsp3) is 0.400. The molecule has 1 saturated heterocycles. The fourth-order valence-corrected chi connectivity index (χ4v) is 5.98. The van der Waals surface area contributed by atoms with Gasteiger partial charge in [-0.15, -0.1) is 10.2 Å². The Morgan fingerprint density at radius 3 is 2.51 bits per heavy atom. The molecule has 3 heterocycles. The molecule has 1 aromatic heterocycles. The van der Waals surface area contributed by atoms with Crippen molar-refractivity contribution < 1.29 is 17.9 Å². The second kappa shape index (κ2) is 9.88. The molecule has 5 rings (SSSR count). The van der Waals surface area contributed by atoms with Crippen LogP contribution in [-0.2, 0) is 27.7 Å². The molecule has 2 aromatic carbocycles. The molecule has 9 nitrogen and oxygen atoms in total. The van der Waals surface area contributed by atoms with Crippen LogP contribution in [0.15, 0.2) is 47.4 Å². The van der Waals surface area contributed by atoms with E-state index in [0.717, 1.165) is 43.0 Å². The van der Waals surface area contributed by atoms with Gasteiger partial charge in [0.1, 0.15) is 5.82 Å². The molecule has 0 radical (unpaired) electrons. The molecule has 0 atom stereocenters. The summed E-state index contributed by atoms with van der Waals surface area (Å²) in [6.45, 7) is 4.05. The summed E-state index contributed by atoms with van der Waals surface area (Å²) in [6.07, 6.45) is 4.40. The summed E-state index contributed by atoms with van der Waals surface area (Å²) in [7, 11) is -3.69. The van der Waals surface area contributed by atoms with Crippen LogP contribution >= 0.6 is 0 Å². The van der Waals surface area contributed by atoms with E-state index in [-0.39, 0.29) is 10.8 Å². The highest BCUT2D eigenvalue weighted by Gasteiger charge is 2.27. The Kier molecular flexibility index (Phi) is 6.68. The summed E-state index contributed by atoms with van der Waals surface area (Å²) < 4.78 is 34.9. The number of carbonyl (C=O) groups excluding carboxylic acids is 1. The number of sulfonamides is 1. The number of rotatable bonds is 5. The molecule has 0 saturated carbocycles. The lowest BCUT2D eigenvalue weighted by molar-refractivity contribution is 0.0730. The maximum absolute atomic E-state index is 13.1. The Labute approximate surface area is 205 Å². The Hall–Kier alpha value is -3.08. The van der Waals surface area contributed by atoms with E-state index in [4.69, 9.17) is 4.74 Å². The SMILES string of the molecule is Cc1ccc(S(=O)(=O)N2CCOCC2)cc1C(=O)Nc1ccc(-c2nnc3n2CCCCC3)cc1. The highest BCUT2D eigenvalue weighted by Crippen LogP contribution is 2.25. The largest absolute Gasteiger partial charge is 0.379 e. The van der Waals surface area contributed by atoms with E-state index in [0.29, 0.717) is 43.1 Å². The van der Waals surface area contributed by atoms with Gasteiger partial charge in [-0.1, -0.05) is 12.5 Å². The number of aromatic nitrogens is 3. The van der Waals surface area contributed by atoms with E-state index in [2.05, 4.69) is 20.1 Å². The number of ether oxygens (including phenoxy) is 1. The molecule has 0 aliphatic carbocycles. The van der Waals surface area contributed by atoms with Crippen LogP contribution in [0.25, 0.3) is 11.4 Å². The molecule has 0 bridgehead atoms. The zero-order chi connectivity index (χ0) is 24.4. The number of benzene rings is 2. The molecule has 1 fully saturated rings. The first-order valence-electron chi connectivity index (χ1n) is 12.0. The van der Waals surface area contributed by atoms with Gasteiger partial charge in [0.05, 0.1) is 18.1 Å². The average molecular weight is 496 g/mol. The number of aryl methyl sites for hydroxylation is 2. The molecule has 35 heavy (non-hydrogen) atoms. The Morgan fingerprint density at radius 2 is 1.74 bits per heavy atom. The van der Waals surface area contributed by atoms with Gasteiger partial charge >= 0.3 is 0 Å². The van der Waals surface area contributed by atoms with Gasteiger partial charge in [0.25, 0.3) is 5.91 Å². The van der Waals surface area contributed by atoms with E-state index >= 15 is 0 Å². The normalized spacial score (nSPS) is 16.9. The van der Waals surface area contributed by atoms with E-state index in [9.17, 15) is 13.2 Å². The van der Waals surface area contributed by atoms with Crippen molar-refractivity contribution in [3.8, 4) is 11.4 Å². The maximum atomic E-state index is 13.1. The van der Waals surface area contributed by atoms with Crippen LogP contribution < -0.4 is 5.32 Å². The fourth-order valence-electron chi connectivity index (χ4n) is 4.54. The van der Waals surface area contributed by atoms with Gasteiger partial charge in [0.15, 0.2) is 5.82 Å². The maximum Gasteiger partial charge on any atom is 0.255 e.